The van der Waals surface area contributed by atoms with Gasteiger partial charge in [-0.15, -0.1) is 0 Å². The molecular weight excluding hydrogens is 377 g/mol. The van der Waals surface area contributed by atoms with Gasteiger partial charge in [0.15, 0.2) is 0 Å². The van der Waals surface area contributed by atoms with E-state index in [1.54, 1.807) is 12.3 Å². The van der Waals surface area contributed by atoms with Crippen molar-refractivity contribution in [2.45, 2.75) is 12.6 Å². The first-order valence-corrected chi connectivity index (χ1v) is 8.62. The number of nitrogens with zero attached hydrogens (tertiary/aromatic N) is 3. The molecule has 0 spiro atoms. The van der Waals surface area contributed by atoms with E-state index in [-0.39, 0.29) is 10.7 Å². The largest absolute Gasteiger partial charge is 0.416 e. The van der Waals surface area contributed by atoms with E-state index in [0.29, 0.717) is 11.8 Å². The first-order chi connectivity index (χ1) is 12.9. The molecule has 1 aliphatic rings. The number of para-hydroxylation sites is 1. The van der Waals surface area contributed by atoms with Gasteiger partial charge in [0.2, 0.25) is 5.95 Å². The summed E-state index contributed by atoms with van der Waals surface area (Å²) in [5.41, 5.74) is 1.60. The maximum absolute atomic E-state index is 12.9. The molecule has 27 heavy (non-hydrogen) atoms. The van der Waals surface area contributed by atoms with Crippen LogP contribution in [0.1, 0.15) is 11.1 Å². The number of halogens is 4. The number of nitrogens with one attached hydrogen (secondary N) is 1. The lowest BCUT2D eigenvalue weighted by Gasteiger charge is -2.18. The predicted molar refractivity (Wildman–Crippen MR) is 98.9 cm³/mol. The van der Waals surface area contributed by atoms with Crippen molar-refractivity contribution in [3.63, 3.8) is 0 Å². The van der Waals surface area contributed by atoms with Crippen molar-refractivity contribution >= 4 is 34.7 Å². The first kappa shape index (κ1) is 17.6. The van der Waals surface area contributed by atoms with Crippen LogP contribution in [-0.4, -0.2) is 16.5 Å². The number of anilines is 4. The van der Waals surface area contributed by atoms with Gasteiger partial charge in [0.05, 0.1) is 16.3 Å². The fourth-order valence-corrected chi connectivity index (χ4v) is 3.19. The van der Waals surface area contributed by atoms with Gasteiger partial charge in [-0.05, 0) is 42.3 Å². The van der Waals surface area contributed by atoms with Crippen LogP contribution in [0.5, 0.6) is 0 Å². The van der Waals surface area contributed by atoms with Gasteiger partial charge in [-0.2, -0.15) is 18.2 Å². The Morgan fingerprint density at radius 1 is 1.07 bits per heavy atom. The van der Waals surface area contributed by atoms with Gasteiger partial charge >= 0.3 is 6.18 Å². The van der Waals surface area contributed by atoms with Crippen molar-refractivity contribution in [3.8, 4) is 0 Å². The number of benzene rings is 2. The fraction of sp³-hybridized carbons (Fsp3) is 0.158. The topological polar surface area (TPSA) is 41.1 Å². The summed E-state index contributed by atoms with van der Waals surface area (Å²) < 4.78 is 38.8. The molecule has 1 aliphatic heterocycles. The van der Waals surface area contributed by atoms with Gasteiger partial charge in [0.25, 0.3) is 0 Å². The summed E-state index contributed by atoms with van der Waals surface area (Å²) in [6.45, 7) is 0.743. The molecule has 0 bridgehead atoms. The van der Waals surface area contributed by atoms with E-state index in [2.05, 4.69) is 21.4 Å². The van der Waals surface area contributed by atoms with Crippen LogP contribution in [0, 0.1) is 0 Å². The van der Waals surface area contributed by atoms with Crippen LogP contribution in [0.15, 0.2) is 54.7 Å². The maximum atomic E-state index is 12.9. The minimum atomic E-state index is -4.45. The van der Waals surface area contributed by atoms with Crippen LogP contribution in [0.4, 0.5) is 36.3 Å². The number of fused-ring (bicyclic) bond motifs is 1. The molecular formula is C19H14ClF3N4. The van der Waals surface area contributed by atoms with Crippen LogP contribution in [0.3, 0.4) is 0 Å². The third-order valence-corrected chi connectivity index (χ3v) is 4.66. The standard InChI is InChI=1S/C19H14ClF3N4/c20-14-6-5-13(19(21,22)23)11-15(14)25-17-7-9-24-18(26-17)27-10-8-12-3-1-2-4-16(12)27/h1-7,9,11H,8,10H2,(H,24,25,26). The average molecular weight is 391 g/mol. The lowest BCUT2D eigenvalue weighted by molar-refractivity contribution is -0.137. The highest BCUT2D eigenvalue weighted by atomic mass is 35.5. The Morgan fingerprint density at radius 2 is 1.89 bits per heavy atom. The van der Waals surface area contributed by atoms with E-state index >= 15 is 0 Å². The molecule has 1 N–H and O–H groups in total. The molecule has 0 radical (unpaired) electrons. The van der Waals surface area contributed by atoms with Crippen LogP contribution < -0.4 is 10.2 Å². The summed E-state index contributed by atoms with van der Waals surface area (Å²) in [5.74, 6) is 0.846. The molecule has 4 nitrogen and oxygen atoms in total. The zero-order valence-corrected chi connectivity index (χ0v) is 14.7. The quantitative estimate of drug-likeness (QED) is 0.633. The molecule has 3 aromatic rings. The van der Waals surface area contributed by atoms with Gasteiger partial charge < -0.3 is 10.2 Å². The van der Waals surface area contributed by atoms with E-state index in [4.69, 9.17) is 11.6 Å². The van der Waals surface area contributed by atoms with E-state index < -0.39 is 11.7 Å². The average Bonchev–Trinajstić information content (AvgIpc) is 3.07. The van der Waals surface area contributed by atoms with Gasteiger partial charge in [-0.3, -0.25) is 0 Å². The molecule has 0 saturated heterocycles. The highest BCUT2D eigenvalue weighted by molar-refractivity contribution is 6.33. The van der Waals surface area contributed by atoms with E-state index in [0.717, 1.165) is 30.8 Å². The Balaban J connectivity index is 1.63. The van der Waals surface area contributed by atoms with Crippen LogP contribution in [-0.2, 0) is 12.6 Å². The maximum Gasteiger partial charge on any atom is 0.416 e. The Hall–Kier alpha value is -2.80. The molecule has 1 aromatic heterocycles. The molecule has 2 heterocycles. The number of aromatic nitrogens is 2. The van der Waals surface area contributed by atoms with E-state index in [9.17, 15) is 13.2 Å². The smallest absolute Gasteiger partial charge is 0.339 e. The summed E-state index contributed by atoms with van der Waals surface area (Å²) in [6.07, 6.45) is -2.00. The lowest BCUT2D eigenvalue weighted by Crippen LogP contribution is -2.16. The molecule has 8 heteroatoms. The monoisotopic (exact) mass is 390 g/mol. The van der Waals surface area contributed by atoms with Gasteiger partial charge in [0, 0.05) is 18.4 Å². The molecule has 4 rings (SSSR count). The summed E-state index contributed by atoms with van der Waals surface area (Å²) in [4.78, 5) is 10.7. The second kappa shape index (κ2) is 6.74. The van der Waals surface area contributed by atoms with Gasteiger partial charge in [0.1, 0.15) is 5.82 Å². The molecule has 0 amide bonds. The van der Waals surface area contributed by atoms with Crippen molar-refractivity contribution in [2.75, 3.05) is 16.8 Å². The van der Waals surface area contributed by atoms with E-state index in [1.165, 1.54) is 11.6 Å². The number of hydrogen-bond donors (Lipinski definition) is 1. The lowest BCUT2D eigenvalue weighted by atomic mass is 10.2. The number of rotatable bonds is 3. The third-order valence-electron chi connectivity index (χ3n) is 4.33. The fourth-order valence-electron chi connectivity index (χ4n) is 3.03. The van der Waals surface area contributed by atoms with Crippen LogP contribution in [0.25, 0.3) is 0 Å². The number of hydrogen-bond acceptors (Lipinski definition) is 4. The van der Waals surface area contributed by atoms with Crippen molar-refractivity contribution in [3.05, 3.63) is 70.9 Å². The SMILES string of the molecule is FC(F)(F)c1ccc(Cl)c(Nc2ccnc(N3CCc4ccccc43)n2)c1. The number of alkyl halides is 3. The Labute approximate surface area is 158 Å². The first-order valence-electron chi connectivity index (χ1n) is 8.24. The third kappa shape index (κ3) is 3.55. The Morgan fingerprint density at radius 3 is 2.70 bits per heavy atom. The van der Waals surface area contributed by atoms with Crippen molar-refractivity contribution in [1.29, 1.82) is 0 Å². The molecule has 0 atom stereocenters. The van der Waals surface area contributed by atoms with Crippen LogP contribution >= 0.6 is 11.6 Å². The normalized spacial score (nSPS) is 13.6. The molecule has 0 aliphatic carbocycles. The second-order valence-corrected chi connectivity index (χ2v) is 6.50. The molecule has 0 saturated carbocycles. The summed E-state index contributed by atoms with van der Waals surface area (Å²) in [7, 11) is 0. The zero-order chi connectivity index (χ0) is 19.0. The van der Waals surface area contributed by atoms with Crippen molar-refractivity contribution in [2.24, 2.45) is 0 Å². The summed E-state index contributed by atoms with van der Waals surface area (Å²) in [6, 6.07) is 12.7. The van der Waals surface area contributed by atoms with Gasteiger partial charge in [-0.1, -0.05) is 29.8 Å². The predicted octanol–water partition coefficient (Wildman–Crippen LogP) is 5.59. The Kier molecular flexibility index (Phi) is 4.39. The van der Waals surface area contributed by atoms with E-state index in [1.807, 2.05) is 23.1 Å². The summed E-state index contributed by atoms with van der Waals surface area (Å²) in [5, 5.41) is 3.04. The molecule has 138 valence electrons. The molecule has 0 unspecified atom stereocenters. The zero-order valence-electron chi connectivity index (χ0n) is 14.0. The Bertz CT molecular complexity index is 991. The van der Waals surface area contributed by atoms with Crippen molar-refractivity contribution in [1.82, 2.24) is 9.97 Å². The minimum absolute atomic E-state index is 0.137. The minimum Gasteiger partial charge on any atom is -0.339 e. The molecule has 2 aromatic carbocycles. The highest BCUT2D eigenvalue weighted by Crippen LogP contribution is 2.36. The summed E-state index contributed by atoms with van der Waals surface area (Å²) >= 11 is 6.05. The molecule has 0 fully saturated rings. The van der Waals surface area contributed by atoms with Crippen molar-refractivity contribution < 1.29 is 13.2 Å². The highest BCUT2D eigenvalue weighted by Gasteiger charge is 2.31. The van der Waals surface area contributed by atoms with Crippen LogP contribution in [0.2, 0.25) is 5.02 Å². The second-order valence-electron chi connectivity index (χ2n) is 6.09. The van der Waals surface area contributed by atoms with Gasteiger partial charge in [-0.25, -0.2) is 4.98 Å².